The Bertz CT molecular complexity index is 835. The topological polar surface area (TPSA) is 50.9 Å². The van der Waals surface area contributed by atoms with E-state index in [2.05, 4.69) is 37.3 Å². The number of hydrogen-bond donors (Lipinski definition) is 1. The summed E-state index contributed by atoms with van der Waals surface area (Å²) in [6.45, 7) is 2.08. The molecule has 0 bridgehead atoms. The Morgan fingerprint density at radius 2 is 1.88 bits per heavy atom. The molecule has 0 atom stereocenters. The molecule has 1 saturated carbocycles. The van der Waals surface area contributed by atoms with Gasteiger partial charge in [0.1, 0.15) is 5.82 Å². The molecule has 0 amide bonds. The molecule has 4 nitrogen and oxygen atoms in total. The van der Waals surface area contributed by atoms with Crippen LogP contribution in [0.15, 0.2) is 54.6 Å². The number of aliphatic hydroxyl groups is 1. The highest BCUT2D eigenvalue weighted by atomic mass is 16.3. The van der Waals surface area contributed by atoms with Crippen LogP contribution < -0.4 is 0 Å². The Hall–Kier alpha value is -2.46. The first-order valence-corrected chi connectivity index (χ1v) is 8.44. The van der Waals surface area contributed by atoms with Gasteiger partial charge in [0.05, 0.1) is 11.8 Å². The summed E-state index contributed by atoms with van der Waals surface area (Å²) in [4.78, 5) is 4.81. The van der Waals surface area contributed by atoms with E-state index in [9.17, 15) is 5.11 Å². The molecule has 0 spiro atoms. The quantitative estimate of drug-likeness (QED) is 0.802. The zero-order chi connectivity index (χ0) is 16.5. The summed E-state index contributed by atoms with van der Waals surface area (Å²) < 4.78 is 1.96. The maximum atomic E-state index is 9.67. The minimum Gasteiger partial charge on any atom is -0.393 e. The number of aryl methyl sites for hydroxylation is 1. The fourth-order valence-electron chi connectivity index (χ4n) is 3.23. The van der Waals surface area contributed by atoms with E-state index in [1.165, 1.54) is 11.1 Å². The van der Waals surface area contributed by atoms with Crippen molar-refractivity contribution in [2.75, 3.05) is 0 Å². The predicted octanol–water partition coefficient (Wildman–Crippen LogP) is 3.40. The van der Waals surface area contributed by atoms with E-state index in [1.54, 1.807) is 0 Å². The Balaban J connectivity index is 1.71. The van der Waals surface area contributed by atoms with Gasteiger partial charge in [0.2, 0.25) is 0 Å². The highest BCUT2D eigenvalue weighted by Crippen LogP contribution is 2.36. The van der Waals surface area contributed by atoms with E-state index in [0.717, 1.165) is 36.6 Å². The number of hydrogen-bond acceptors (Lipinski definition) is 3. The molecule has 3 aromatic rings. The van der Waals surface area contributed by atoms with Crippen LogP contribution in [0.1, 0.15) is 41.5 Å². The Morgan fingerprint density at radius 3 is 2.58 bits per heavy atom. The first-order valence-electron chi connectivity index (χ1n) is 8.44. The molecule has 1 fully saturated rings. The third kappa shape index (κ3) is 2.97. The van der Waals surface area contributed by atoms with Crippen molar-refractivity contribution in [1.29, 1.82) is 0 Å². The number of aliphatic hydroxyl groups excluding tert-OH is 1. The molecule has 0 saturated heterocycles. The lowest BCUT2D eigenvalue weighted by atomic mass is 9.82. The molecule has 0 radical (unpaired) electrons. The SMILES string of the molecule is Cc1cccc(-n2nc(Cc3ccccc3)nc2C2CC(O)C2)c1. The van der Waals surface area contributed by atoms with Gasteiger partial charge in [0.15, 0.2) is 5.82 Å². The molecule has 0 unspecified atom stereocenters. The molecular formula is C20H21N3O. The van der Waals surface area contributed by atoms with Gasteiger partial charge in [-0.25, -0.2) is 9.67 Å². The van der Waals surface area contributed by atoms with E-state index < -0.39 is 0 Å². The zero-order valence-corrected chi connectivity index (χ0v) is 13.8. The van der Waals surface area contributed by atoms with Crippen LogP contribution in [0.5, 0.6) is 0 Å². The predicted molar refractivity (Wildman–Crippen MR) is 93.3 cm³/mol. The molecule has 2 aromatic carbocycles. The summed E-state index contributed by atoms with van der Waals surface area (Å²) in [5, 5.41) is 14.4. The van der Waals surface area contributed by atoms with Gasteiger partial charge in [-0.2, -0.15) is 5.10 Å². The lowest BCUT2D eigenvalue weighted by molar-refractivity contribution is 0.0709. The van der Waals surface area contributed by atoms with Crippen molar-refractivity contribution in [2.45, 2.75) is 38.2 Å². The van der Waals surface area contributed by atoms with E-state index in [1.807, 2.05) is 28.9 Å². The summed E-state index contributed by atoms with van der Waals surface area (Å²) in [6.07, 6.45) is 2.07. The molecule has 4 rings (SSSR count). The third-order valence-electron chi connectivity index (χ3n) is 4.61. The highest BCUT2D eigenvalue weighted by molar-refractivity contribution is 5.36. The minimum atomic E-state index is -0.199. The smallest absolute Gasteiger partial charge is 0.155 e. The van der Waals surface area contributed by atoms with Crippen molar-refractivity contribution in [3.8, 4) is 5.69 Å². The van der Waals surface area contributed by atoms with Crippen molar-refractivity contribution in [3.63, 3.8) is 0 Å². The molecule has 1 aliphatic rings. The maximum Gasteiger partial charge on any atom is 0.155 e. The standard InChI is InChI=1S/C20H21N3O/c1-14-6-5-9-17(10-14)23-20(16-12-18(24)13-16)21-19(22-23)11-15-7-3-2-4-8-15/h2-10,16,18,24H,11-13H2,1H3. The van der Waals surface area contributed by atoms with Gasteiger partial charge >= 0.3 is 0 Å². The van der Waals surface area contributed by atoms with Crippen molar-refractivity contribution >= 4 is 0 Å². The molecule has 122 valence electrons. The van der Waals surface area contributed by atoms with Gasteiger partial charge in [-0.05, 0) is 43.0 Å². The van der Waals surface area contributed by atoms with Crippen molar-refractivity contribution in [2.24, 2.45) is 0 Å². The average molecular weight is 319 g/mol. The fraction of sp³-hybridized carbons (Fsp3) is 0.300. The molecule has 1 heterocycles. The van der Waals surface area contributed by atoms with E-state index in [0.29, 0.717) is 0 Å². The zero-order valence-electron chi connectivity index (χ0n) is 13.8. The Labute approximate surface area is 141 Å². The van der Waals surface area contributed by atoms with Crippen LogP contribution in [0.4, 0.5) is 0 Å². The van der Waals surface area contributed by atoms with Crippen molar-refractivity contribution in [1.82, 2.24) is 14.8 Å². The summed E-state index contributed by atoms with van der Waals surface area (Å²) in [5.41, 5.74) is 3.45. The highest BCUT2D eigenvalue weighted by Gasteiger charge is 2.33. The second-order valence-corrected chi connectivity index (χ2v) is 6.62. The Kier molecular flexibility index (Phi) is 3.90. The lowest BCUT2D eigenvalue weighted by Gasteiger charge is -2.30. The van der Waals surface area contributed by atoms with Crippen LogP contribution in [-0.2, 0) is 6.42 Å². The van der Waals surface area contributed by atoms with Gasteiger partial charge in [-0.3, -0.25) is 0 Å². The van der Waals surface area contributed by atoms with Crippen LogP contribution in [-0.4, -0.2) is 26.0 Å². The summed E-state index contributed by atoms with van der Waals surface area (Å²) in [7, 11) is 0. The largest absolute Gasteiger partial charge is 0.393 e. The van der Waals surface area contributed by atoms with Crippen LogP contribution in [0.25, 0.3) is 5.69 Å². The van der Waals surface area contributed by atoms with Crippen molar-refractivity contribution < 1.29 is 5.11 Å². The molecular weight excluding hydrogens is 298 g/mol. The first kappa shape index (κ1) is 15.1. The number of rotatable bonds is 4. The monoisotopic (exact) mass is 319 g/mol. The van der Waals surface area contributed by atoms with Gasteiger partial charge in [0.25, 0.3) is 0 Å². The second-order valence-electron chi connectivity index (χ2n) is 6.62. The minimum absolute atomic E-state index is 0.199. The van der Waals surface area contributed by atoms with Crippen LogP contribution in [0.3, 0.4) is 0 Å². The number of nitrogens with zero attached hydrogens (tertiary/aromatic N) is 3. The summed E-state index contributed by atoms with van der Waals surface area (Å²) in [5.74, 6) is 2.09. The molecule has 0 aliphatic heterocycles. The lowest BCUT2D eigenvalue weighted by Crippen LogP contribution is -2.28. The summed E-state index contributed by atoms with van der Waals surface area (Å²) >= 11 is 0. The van der Waals surface area contributed by atoms with E-state index in [4.69, 9.17) is 10.1 Å². The molecule has 1 aromatic heterocycles. The Morgan fingerprint density at radius 1 is 1.08 bits per heavy atom. The van der Waals surface area contributed by atoms with Crippen LogP contribution >= 0.6 is 0 Å². The van der Waals surface area contributed by atoms with Crippen LogP contribution in [0.2, 0.25) is 0 Å². The fourth-order valence-corrected chi connectivity index (χ4v) is 3.23. The van der Waals surface area contributed by atoms with Crippen molar-refractivity contribution in [3.05, 3.63) is 77.4 Å². The van der Waals surface area contributed by atoms with Crippen LogP contribution in [0, 0.1) is 6.92 Å². The van der Waals surface area contributed by atoms with E-state index in [-0.39, 0.29) is 12.0 Å². The second kappa shape index (κ2) is 6.21. The molecule has 1 aliphatic carbocycles. The van der Waals surface area contributed by atoms with Gasteiger partial charge in [-0.1, -0.05) is 42.5 Å². The molecule has 4 heteroatoms. The third-order valence-corrected chi connectivity index (χ3v) is 4.61. The first-order chi connectivity index (χ1) is 11.7. The van der Waals surface area contributed by atoms with Gasteiger partial charge in [-0.15, -0.1) is 0 Å². The maximum absolute atomic E-state index is 9.67. The van der Waals surface area contributed by atoms with Gasteiger partial charge in [0, 0.05) is 12.3 Å². The van der Waals surface area contributed by atoms with Gasteiger partial charge < -0.3 is 5.11 Å². The number of aromatic nitrogens is 3. The molecule has 24 heavy (non-hydrogen) atoms. The van der Waals surface area contributed by atoms with E-state index >= 15 is 0 Å². The normalized spacial score (nSPS) is 19.9. The molecule has 1 N–H and O–H groups in total. The average Bonchev–Trinajstić information content (AvgIpc) is 2.96. The number of benzene rings is 2. The summed E-state index contributed by atoms with van der Waals surface area (Å²) in [6, 6.07) is 18.6.